The van der Waals surface area contributed by atoms with Gasteiger partial charge in [0.25, 0.3) is 0 Å². The predicted octanol–water partition coefficient (Wildman–Crippen LogP) is 1.82. The molecular weight excluding hydrogens is 166 g/mol. The molecule has 0 bridgehead atoms. The Balaban J connectivity index is 2.50. The SMILES string of the molecule is CCCC[C@H](N)c1nc(CC)no1. The van der Waals surface area contributed by atoms with E-state index in [0.717, 1.165) is 31.5 Å². The number of aryl methyl sites for hydroxylation is 1. The highest BCUT2D eigenvalue weighted by molar-refractivity contribution is 4.91. The lowest BCUT2D eigenvalue weighted by atomic mass is 10.1. The minimum absolute atomic E-state index is 0.0900. The Hall–Kier alpha value is -0.900. The summed E-state index contributed by atoms with van der Waals surface area (Å²) in [5, 5.41) is 3.80. The molecule has 0 aromatic carbocycles. The molecular formula is C9H17N3O. The van der Waals surface area contributed by atoms with Crippen molar-refractivity contribution in [3.8, 4) is 0 Å². The van der Waals surface area contributed by atoms with E-state index >= 15 is 0 Å². The summed E-state index contributed by atoms with van der Waals surface area (Å²) in [5.74, 6) is 1.31. The Morgan fingerprint density at radius 1 is 1.46 bits per heavy atom. The van der Waals surface area contributed by atoms with Crippen LogP contribution in [0.25, 0.3) is 0 Å². The van der Waals surface area contributed by atoms with E-state index in [2.05, 4.69) is 17.1 Å². The van der Waals surface area contributed by atoms with Gasteiger partial charge in [-0.15, -0.1) is 0 Å². The molecule has 0 radical (unpaired) electrons. The highest BCUT2D eigenvalue weighted by Gasteiger charge is 2.12. The second kappa shape index (κ2) is 4.97. The molecule has 4 nitrogen and oxygen atoms in total. The Morgan fingerprint density at radius 3 is 2.77 bits per heavy atom. The molecule has 1 aromatic heterocycles. The Labute approximate surface area is 78.5 Å². The number of aromatic nitrogens is 2. The maximum atomic E-state index is 5.85. The zero-order valence-corrected chi connectivity index (χ0v) is 8.29. The van der Waals surface area contributed by atoms with Gasteiger partial charge in [0.1, 0.15) is 0 Å². The van der Waals surface area contributed by atoms with E-state index in [-0.39, 0.29) is 6.04 Å². The average Bonchev–Trinajstić information content (AvgIpc) is 2.62. The van der Waals surface area contributed by atoms with Gasteiger partial charge in [-0.25, -0.2) is 0 Å². The van der Waals surface area contributed by atoms with E-state index in [9.17, 15) is 0 Å². The third kappa shape index (κ3) is 2.81. The predicted molar refractivity (Wildman–Crippen MR) is 50.1 cm³/mol. The molecule has 1 rings (SSSR count). The highest BCUT2D eigenvalue weighted by Crippen LogP contribution is 2.14. The molecule has 1 heterocycles. The largest absolute Gasteiger partial charge is 0.338 e. The van der Waals surface area contributed by atoms with Crippen LogP contribution in [-0.2, 0) is 6.42 Å². The molecule has 0 saturated carbocycles. The van der Waals surface area contributed by atoms with Crippen LogP contribution in [0.2, 0.25) is 0 Å². The van der Waals surface area contributed by atoms with Crippen molar-refractivity contribution >= 4 is 0 Å². The van der Waals surface area contributed by atoms with Crippen molar-refractivity contribution in [1.29, 1.82) is 0 Å². The first kappa shape index (κ1) is 10.2. The van der Waals surface area contributed by atoms with Gasteiger partial charge in [0.15, 0.2) is 5.82 Å². The lowest BCUT2D eigenvalue weighted by Crippen LogP contribution is -2.10. The van der Waals surface area contributed by atoms with Crippen molar-refractivity contribution in [3.05, 3.63) is 11.7 Å². The molecule has 0 saturated heterocycles. The molecule has 0 aliphatic carbocycles. The molecule has 0 aliphatic heterocycles. The minimum Gasteiger partial charge on any atom is -0.338 e. The lowest BCUT2D eigenvalue weighted by Gasteiger charge is -2.03. The number of nitrogens with zero attached hydrogens (tertiary/aromatic N) is 2. The van der Waals surface area contributed by atoms with Crippen LogP contribution in [0.5, 0.6) is 0 Å². The maximum Gasteiger partial charge on any atom is 0.243 e. The van der Waals surface area contributed by atoms with E-state index in [1.54, 1.807) is 0 Å². The molecule has 0 unspecified atom stereocenters. The normalized spacial score (nSPS) is 13.2. The molecule has 2 N–H and O–H groups in total. The number of nitrogens with two attached hydrogens (primary N) is 1. The van der Waals surface area contributed by atoms with Crippen molar-refractivity contribution in [2.24, 2.45) is 5.73 Å². The van der Waals surface area contributed by atoms with Crippen molar-refractivity contribution in [3.63, 3.8) is 0 Å². The molecule has 0 fully saturated rings. The van der Waals surface area contributed by atoms with Crippen LogP contribution < -0.4 is 5.73 Å². The summed E-state index contributed by atoms with van der Waals surface area (Å²) in [4.78, 5) is 4.18. The van der Waals surface area contributed by atoms with Crippen LogP contribution in [0.4, 0.5) is 0 Å². The molecule has 13 heavy (non-hydrogen) atoms. The van der Waals surface area contributed by atoms with Gasteiger partial charge in [-0.1, -0.05) is 31.8 Å². The third-order valence-corrected chi connectivity index (χ3v) is 1.99. The molecule has 0 amide bonds. The monoisotopic (exact) mass is 183 g/mol. The molecule has 74 valence electrons. The fourth-order valence-electron chi connectivity index (χ4n) is 1.11. The number of rotatable bonds is 5. The maximum absolute atomic E-state index is 5.85. The van der Waals surface area contributed by atoms with Gasteiger partial charge in [0.05, 0.1) is 6.04 Å². The first-order valence-corrected chi connectivity index (χ1v) is 4.86. The average molecular weight is 183 g/mol. The highest BCUT2D eigenvalue weighted by atomic mass is 16.5. The quantitative estimate of drug-likeness (QED) is 0.756. The summed E-state index contributed by atoms with van der Waals surface area (Å²) < 4.78 is 5.03. The van der Waals surface area contributed by atoms with Crippen molar-refractivity contribution in [2.75, 3.05) is 0 Å². The summed E-state index contributed by atoms with van der Waals surface area (Å²) in [7, 11) is 0. The minimum atomic E-state index is -0.0900. The van der Waals surface area contributed by atoms with Crippen molar-refractivity contribution < 1.29 is 4.52 Å². The van der Waals surface area contributed by atoms with Gasteiger partial charge in [0, 0.05) is 6.42 Å². The Morgan fingerprint density at radius 2 is 2.23 bits per heavy atom. The molecule has 0 aliphatic rings. The van der Waals surface area contributed by atoms with E-state index in [1.807, 2.05) is 6.92 Å². The van der Waals surface area contributed by atoms with Gasteiger partial charge < -0.3 is 10.3 Å². The summed E-state index contributed by atoms with van der Waals surface area (Å²) >= 11 is 0. The van der Waals surface area contributed by atoms with Crippen LogP contribution in [0.15, 0.2) is 4.52 Å². The number of unbranched alkanes of at least 4 members (excludes halogenated alkanes) is 1. The first-order chi connectivity index (χ1) is 6.27. The van der Waals surface area contributed by atoms with Gasteiger partial charge in [-0.2, -0.15) is 4.98 Å². The Kier molecular flexibility index (Phi) is 3.89. The van der Waals surface area contributed by atoms with E-state index in [4.69, 9.17) is 10.3 Å². The molecule has 1 atom stereocenters. The molecule has 0 spiro atoms. The zero-order chi connectivity index (χ0) is 9.68. The van der Waals surface area contributed by atoms with Crippen LogP contribution in [-0.4, -0.2) is 10.1 Å². The fraction of sp³-hybridized carbons (Fsp3) is 0.778. The summed E-state index contributed by atoms with van der Waals surface area (Å²) in [6.07, 6.45) is 3.96. The third-order valence-electron chi connectivity index (χ3n) is 1.99. The van der Waals surface area contributed by atoms with Gasteiger partial charge in [-0.3, -0.25) is 0 Å². The summed E-state index contributed by atoms with van der Waals surface area (Å²) in [6, 6.07) is -0.0900. The van der Waals surface area contributed by atoms with Crippen LogP contribution in [0.1, 0.15) is 50.9 Å². The van der Waals surface area contributed by atoms with Gasteiger partial charge in [0.2, 0.25) is 5.89 Å². The van der Waals surface area contributed by atoms with Crippen LogP contribution >= 0.6 is 0 Å². The lowest BCUT2D eigenvalue weighted by molar-refractivity contribution is 0.343. The molecule has 1 aromatic rings. The smallest absolute Gasteiger partial charge is 0.243 e. The molecule has 4 heteroatoms. The van der Waals surface area contributed by atoms with Gasteiger partial charge >= 0.3 is 0 Å². The topological polar surface area (TPSA) is 64.9 Å². The summed E-state index contributed by atoms with van der Waals surface area (Å²) in [5.41, 5.74) is 5.85. The number of hydrogen-bond acceptors (Lipinski definition) is 4. The summed E-state index contributed by atoms with van der Waals surface area (Å²) in [6.45, 7) is 4.13. The first-order valence-electron chi connectivity index (χ1n) is 4.86. The van der Waals surface area contributed by atoms with E-state index < -0.39 is 0 Å². The second-order valence-electron chi connectivity index (χ2n) is 3.15. The van der Waals surface area contributed by atoms with E-state index in [0.29, 0.717) is 5.89 Å². The van der Waals surface area contributed by atoms with E-state index in [1.165, 1.54) is 0 Å². The van der Waals surface area contributed by atoms with Gasteiger partial charge in [-0.05, 0) is 6.42 Å². The van der Waals surface area contributed by atoms with Crippen LogP contribution in [0.3, 0.4) is 0 Å². The number of hydrogen-bond donors (Lipinski definition) is 1. The van der Waals surface area contributed by atoms with Crippen LogP contribution in [0, 0.1) is 0 Å². The van der Waals surface area contributed by atoms with Crippen molar-refractivity contribution in [2.45, 2.75) is 45.6 Å². The fourth-order valence-corrected chi connectivity index (χ4v) is 1.11. The zero-order valence-electron chi connectivity index (χ0n) is 8.29. The second-order valence-corrected chi connectivity index (χ2v) is 3.15. The standard InChI is InChI=1S/C9H17N3O/c1-3-5-6-7(10)9-11-8(4-2)12-13-9/h7H,3-6,10H2,1-2H3/t7-/m0/s1. The Bertz CT molecular complexity index is 247. The van der Waals surface area contributed by atoms with Crippen molar-refractivity contribution in [1.82, 2.24) is 10.1 Å².